The summed E-state index contributed by atoms with van der Waals surface area (Å²) in [5.74, 6) is 0.145. The van der Waals surface area contributed by atoms with Crippen LogP contribution in [-0.4, -0.2) is 43.2 Å². The van der Waals surface area contributed by atoms with Crippen molar-refractivity contribution in [3.05, 3.63) is 47.6 Å². The first-order chi connectivity index (χ1) is 13.4. The van der Waals surface area contributed by atoms with Crippen molar-refractivity contribution in [1.82, 2.24) is 9.29 Å². The number of nitrogens with zero attached hydrogens (tertiary/aromatic N) is 2. The average Bonchev–Trinajstić information content (AvgIpc) is 2.99. The third-order valence-electron chi connectivity index (χ3n) is 4.51. The molecule has 9 heteroatoms. The number of benzene rings is 1. The second kappa shape index (κ2) is 9.36. The quantitative estimate of drug-likeness (QED) is 0.744. The lowest BCUT2D eigenvalue weighted by Crippen LogP contribution is -2.31. The van der Waals surface area contributed by atoms with Crippen LogP contribution in [0.4, 0.5) is 11.5 Å². The van der Waals surface area contributed by atoms with Gasteiger partial charge in [-0.25, -0.2) is 13.4 Å². The number of carbonyl (C=O) groups is 1. The maximum absolute atomic E-state index is 12.8. The monoisotopic (exact) mass is 422 g/mol. The van der Waals surface area contributed by atoms with E-state index in [1.54, 1.807) is 40.7 Å². The molecule has 0 aliphatic carbocycles. The zero-order chi connectivity index (χ0) is 20.0. The number of nitrogens with one attached hydrogen (secondary N) is 2. The van der Waals surface area contributed by atoms with Gasteiger partial charge in [0.1, 0.15) is 5.82 Å². The van der Waals surface area contributed by atoms with Crippen LogP contribution in [0.15, 0.2) is 47.5 Å². The molecule has 0 bridgehead atoms. The van der Waals surface area contributed by atoms with E-state index in [9.17, 15) is 13.2 Å². The van der Waals surface area contributed by atoms with Gasteiger partial charge in [0.05, 0.1) is 16.5 Å². The molecule has 3 rings (SSSR count). The number of carbonyl (C=O) groups excluding carboxylic acids is 1. The van der Waals surface area contributed by atoms with Gasteiger partial charge in [-0.2, -0.15) is 4.31 Å². The molecule has 1 aromatic carbocycles. The summed E-state index contributed by atoms with van der Waals surface area (Å²) in [7, 11) is -3.47. The Hall–Kier alpha value is -2.16. The van der Waals surface area contributed by atoms with Crippen LogP contribution in [0, 0.1) is 0 Å². The zero-order valence-corrected chi connectivity index (χ0v) is 17.0. The van der Waals surface area contributed by atoms with Crippen LogP contribution in [0.2, 0.25) is 5.02 Å². The van der Waals surface area contributed by atoms with Gasteiger partial charge >= 0.3 is 0 Å². The maximum Gasteiger partial charge on any atom is 0.244 e. The molecule has 1 aliphatic heterocycles. The van der Waals surface area contributed by atoms with Gasteiger partial charge in [0.2, 0.25) is 15.9 Å². The van der Waals surface area contributed by atoms with Crippen molar-refractivity contribution in [3.8, 4) is 0 Å². The molecule has 0 unspecified atom stereocenters. The molecule has 150 valence electrons. The first kappa shape index (κ1) is 20.6. The molecule has 2 aromatic rings. The van der Waals surface area contributed by atoms with E-state index in [2.05, 4.69) is 15.6 Å². The molecule has 0 atom stereocenters. The van der Waals surface area contributed by atoms with Gasteiger partial charge in [0.15, 0.2) is 0 Å². The molecule has 28 heavy (non-hydrogen) atoms. The van der Waals surface area contributed by atoms with Gasteiger partial charge < -0.3 is 10.6 Å². The van der Waals surface area contributed by atoms with Crippen molar-refractivity contribution >= 4 is 39.0 Å². The van der Waals surface area contributed by atoms with E-state index in [1.807, 2.05) is 0 Å². The van der Waals surface area contributed by atoms with Gasteiger partial charge in [-0.05, 0) is 49.2 Å². The number of anilines is 2. The smallest absolute Gasteiger partial charge is 0.244 e. The van der Waals surface area contributed by atoms with E-state index >= 15 is 0 Å². The van der Waals surface area contributed by atoms with E-state index in [4.69, 9.17) is 11.6 Å². The number of amides is 1. The molecule has 1 aliphatic rings. The molecule has 0 spiro atoms. The van der Waals surface area contributed by atoms with Crippen molar-refractivity contribution < 1.29 is 13.2 Å². The highest BCUT2D eigenvalue weighted by molar-refractivity contribution is 7.89. The van der Waals surface area contributed by atoms with Crippen molar-refractivity contribution in [2.75, 3.05) is 30.3 Å². The van der Waals surface area contributed by atoms with Crippen molar-refractivity contribution in [3.63, 3.8) is 0 Å². The summed E-state index contributed by atoms with van der Waals surface area (Å²) in [4.78, 5) is 16.3. The van der Waals surface area contributed by atoms with Gasteiger partial charge in [-0.15, -0.1) is 0 Å². The van der Waals surface area contributed by atoms with E-state index in [-0.39, 0.29) is 17.3 Å². The molecule has 1 aromatic heterocycles. The highest BCUT2D eigenvalue weighted by Crippen LogP contribution is 2.21. The molecular weight excluding hydrogens is 400 g/mol. The van der Waals surface area contributed by atoms with Crippen LogP contribution >= 0.6 is 11.6 Å². The first-order valence-corrected chi connectivity index (χ1v) is 11.0. The third-order valence-corrected chi connectivity index (χ3v) is 6.64. The fourth-order valence-electron chi connectivity index (χ4n) is 2.99. The molecule has 7 nitrogen and oxygen atoms in total. The standard InChI is InChI=1S/C19H23ClN4O3S/c20-15-5-10-18(22-13-15)23-19(25)14-21-16-6-8-17(9-7-16)28(26,27)24-11-3-1-2-4-12-24/h5-10,13,21H,1-4,11-12,14H2,(H,22,23,25). The minimum Gasteiger partial charge on any atom is -0.376 e. The van der Waals surface area contributed by atoms with E-state index in [1.165, 1.54) is 6.20 Å². The molecule has 0 radical (unpaired) electrons. The van der Waals surface area contributed by atoms with Gasteiger partial charge in [-0.3, -0.25) is 4.79 Å². The predicted molar refractivity (Wildman–Crippen MR) is 110 cm³/mol. The molecule has 0 saturated carbocycles. The van der Waals surface area contributed by atoms with Crippen molar-refractivity contribution in [2.24, 2.45) is 0 Å². The Kier molecular flexibility index (Phi) is 6.88. The molecule has 1 fully saturated rings. The summed E-state index contributed by atoms with van der Waals surface area (Å²) in [6.07, 6.45) is 5.39. The van der Waals surface area contributed by atoms with Crippen LogP contribution in [0.5, 0.6) is 0 Å². The average molecular weight is 423 g/mol. The number of hydrogen-bond acceptors (Lipinski definition) is 5. The highest BCUT2D eigenvalue weighted by Gasteiger charge is 2.24. The zero-order valence-electron chi connectivity index (χ0n) is 15.4. The summed E-state index contributed by atoms with van der Waals surface area (Å²) in [6.45, 7) is 1.17. The predicted octanol–water partition coefficient (Wildman–Crippen LogP) is 3.35. The summed E-state index contributed by atoms with van der Waals surface area (Å²) < 4.78 is 27.1. The lowest BCUT2D eigenvalue weighted by molar-refractivity contribution is -0.114. The van der Waals surface area contributed by atoms with E-state index in [0.29, 0.717) is 29.6 Å². The number of pyridine rings is 1. The summed E-state index contributed by atoms with van der Waals surface area (Å²) in [5, 5.41) is 6.11. The number of aromatic nitrogens is 1. The topological polar surface area (TPSA) is 91.4 Å². The Bertz CT molecular complexity index is 894. The Morgan fingerprint density at radius 2 is 1.71 bits per heavy atom. The van der Waals surface area contributed by atoms with Gasteiger partial charge in [-0.1, -0.05) is 24.4 Å². The number of hydrogen-bond donors (Lipinski definition) is 2. The Morgan fingerprint density at radius 1 is 1.04 bits per heavy atom. The summed E-state index contributed by atoms with van der Waals surface area (Å²) in [5.41, 5.74) is 0.661. The molecule has 2 heterocycles. The Balaban J connectivity index is 1.56. The van der Waals surface area contributed by atoms with Crippen molar-refractivity contribution in [1.29, 1.82) is 0 Å². The minimum absolute atomic E-state index is 0.0303. The minimum atomic E-state index is -3.47. The Morgan fingerprint density at radius 3 is 2.32 bits per heavy atom. The normalized spacial score (nSPS) is 15.6. The second-order valence-corrected chi connectivity index (χ2v) is 8.98. The fourth-order valence-corrected chi connectivity index (χ4v) is 4.62. The lowest BCUT2D eigenvalue weighted by Gasteiger charge is -2.20. The molecule has 1 saturated heterocycles. The summed E-state index contributed by atoms with van der Waals surface area (Å²) >= 11 is 5.76. The number of rotatable bonds is 6. The van der Waals surface area contributed by atoms with Crippen LogP contribution in [0.3, 0.4) is 0 Å². The van der Waals surface area contributed by atoms with E-state index in [0.717, 1.165) is 25.7 Å². The lowest BCUT2D eigenvalue weighted by atomic mass is 10.2. The third kappa shape index (κ3) is 5.43. The van der Waals surface area contributed by atoms with Crippen LogP contribution < -0.4 is 10.6 Å². The second-order valence-electron chi connectivity index (χ2n) is 6.61. The van der Waals surface area contributed by atoms with Crippen LogP contribution in [-0.2, 0) is 14.8 Å². The number of sulfonamides is 1. The largest absolute Gasteiger partial charge is 0.376 e. The maximum atomic E-state index is 12.8. The number of halogens is 1. The van der Waals surface area contributed by atoms with Crippen LogP contribution in [0.1, 0.15) is 25.7 Å². The van der Waals surface area contributed by atoms with Gasteiger partial charge in [0, 0.05) is 25.0 Å². The summed E-state index contributed by atoms with van der Waals surface area (Å²) in [6, 6.07) is 9.73. The Labute approximate surface area is 170 Å². The molecule has 2 N–H and O–H groups in total. The van der Waals surface area contributed by atoms with Gasteiger partial charge in [0.25, 0.3) is 0 Å². The SMILES string of the molecule is O=C(CNc1ccc(S(=O)(=O)N2CCCCCC2)cc1)Nc1ccc(Cl)cn1. The van der Waals surface area contributed by atoms with Crippen LogP contribution in [0.25, 0.3) is 0 Å². The molecular formula is C19H23ClN4O3S. The van der Waals surface area contributed by atoms with E-state index < -0.39 is 10.0 Å². The molecule has 1 amide bonds. The first-order valence-electron chi connectivity index (χ1n) is 9.21. The fraction of sp³-hybridized carbons (Fsp3) is 0.368. The highest BCUT2D eigenvalue weighted by atomic mass is 35.5. The van der Waals surface area contributed by atoms with Crippen molar-refractivity contribution in [2.45, 2.75) is 30.6 Å².